The van der Waals surface area contributed by atoms with Crippen molar-refractivity contribution in [3.8, 4) is 0 Å². The van der Waals surface area contributed by atoms with Crippen molar-refractivity contribution in [2.75, 3.05) is 0 Å². The first-order chi connectivity index (χ1) is 7.81. The van der Waals surface area contributed by atoms with E-state index in [1.165, 1.54) is 5.57 Å². The van der Waals surface area contributed by atoms with Crippen LogP contribution in [0.4, 0.5) is 0 Å². The number of aliphatic hydroxyl groups is 1. The maximum Gasteiger partial charge on any atom is 0.0926 e. The molecule has 0 aromatic rings. The number of hydrogen-bond acceptors (Lipinski definition) is 2. The Balaban J connectivity index is 2.70. The molecule has 1 fully saturated rings. The van der Waals surface area contributed by atoms with Gasteiger partial charge in [-0.1, -0.05) is 17.7 Å². The average molecular weight is 238 g/mol. The minimum atomic E-state index is -0.451. The standard InChI is InChI=1S/C15H26O2/c1-6-14(4)11-9-13(16)15(5,17-14)10-7-8-12(2)3/h6,8,13,16H,1,7,9-11H2,2-5H3/t13-,14-,15+/m0/s1. The van der Waals surface area contributed by atoms with E-state index in [9.17, 15) is 5.11 Å². The molecule has 1 heterocycles. The van der Waals surface area contributed by atoms with Gasteiger partial charge in [-0.3, -0.25) is 0 Å². The molecule has 1 rings (SSSR count). The van der Waals surface area contributed by atoms with Crippen LogP contribution < -0.4 is 0 Å². The van der Waals surface area contributed by atoms with Crippen molar-refractivity contribution in [3.63, 3.8) is 0 Å². The Hall–Kier alpha value is -0.600. The molecule has 2 heteroatoms. The predicted octanol–water partition coefficient (Wildman–Crippen LogP) is 3.61. The Bertz CT molecular complexity index is 304. The Morgan fingerprint density at radius 2 is 2.12 bits per heavy atom. The van der Waals surface area contributed by atoms with Crippen molar-refractivity contribution in [2.24, 2.45) is 0 Å². The van der Waals surface area contributed by atoms with Gasteiger partial charge in [-0.15, -0.1) is 6.58 Å². The van der Waals surface area contributed by atoms with Crippen LogP contribution in [0.3, 0.4) is 0 Å². The van der Waals surface area contributed by atoms with Gasteiger partial charge in [0.25, 0.3) is 0 Å². The van der Waals surface area contributed by atoms with Gasteiger partial charge in [-0.05, 0) is 53.4 Å². The molecular formula is C15H26O2. The third kappa shape index (κ3) is 3.68. The summed E-state index contributed by atoms with van der Waals surface area (Å²) in [6, 6.07) is 0. The zero-order valence-electron chi connectivity index (χ0n) is 11.6. The third-order valence-electron chi connectivity index (χ3n) is 3.71. The Kier molecular flexibility index (Phi) is 4.56. The monoisotopic (exact) mass is 238 g/mol. The summed E-state index contributed by atoms with van der Waals surface area (Å²) >= 11 is 0. The van der Waals surface area contributed by atoms with Crippen molar-refractivity contribution < 1.29 is 9.84 Å². The molecule has 98 valence electrons. The molecule has 0 aromatic carbocycles. The summed E-state index contributed by atoms with van der Waals surface area (Å²) in [6.45, 7) is 12.1. The summed E-state index contributed by atoms with van der Waals surface area (Å²) in [7, 11) is 0. The molecule has 1 N–H and O–H groups in total. The highest BCUT2D eigenvalue weighted by molar-refractivity contribution is 5.04. The highest BCUT2D eigenvalue weighted by atomic mass is 16.5. The molecule has 0 aliphatic carbocycles. The summed E-state index contributed by atoms with van der Waals surface area (Å²) in [5.41, 5.74) is 0.567. The molecule has 0 bridgehead atoms. The second-order valence-corrected chi connectivity index (χ2v) is 5.81. The Morgan fingerprint density at radius 3 is 2.65 bits per heavy atom. The fraction of sp³-hybridized carbons (Fsp3) is 0.733. The van der Waals surface area contributed by atoms with E-state index in [1.807, 2.05) is 19.9 Å². The molecule has 0 amide bonds. The SMILES string of the molecule is C=C[C@@]1(C)CC[C@H](O)[C@@](C)(CCC=C(C)C)O1. The van der Waals surface area contributed by atoms with Gasteiger partial charge in [0.2, 0.25) is 0 Å². The van der Waals surface area contributed by atoms with E-state index in [1.54, 1.807) is 0 Å². The lowest BCUT2D eigenvalue weighted by molar-refractivity contribution is -0.207. The maximum absolute atomic E-state index is 10.1. The first kappa shape index (κ1) is 14.5. The van der Waals surface area contributed by atoms with E-state index in [0.717, 1.165) is 25.7 Å². The van der Waals surface area contributed by atoms with Crippen LogP contribution in [-0.4, -0.2) is 22.4 Å². The molecule has 1 saturated heterocycles. The van der Waals surface area contributed by atoms with Crippen LogP contribution in [0.2, 0.25) is 0 Å². The van der Waals surface area contributed by atoms with Crippen molar-refractivity contribution >= 4 is 0 Å². The largest absolute Gasteiger partial charge is 0.390 e. The summed E-state index contributed by atoms with van der Waals surface area (Å²) in [4.78, 5) is 0. The van der Waals surface area contributed by atoms with Crippen molar-refractivity contribution in [2.45, 2.75) is 70.7 Å². The first-order valence-electron chi connectivity index (χ1n) is 6.46. The number of hydrogen-bond donors (Lipinski definition) is 1. The van der Waals surface area contributed by atoms with Crippen molar-refractivity contribution in [1.29, 1.82) is 0 Å². The lowest BCUT2D eigenvalue weighted by Gasteiger charge is -2.47. The van der Waals surface area contributed by atoms with Gasteiger partial charge in [-0.2, -0.15) is 0 Å². The van der Waals surface area contributed by atoms with Gasteiger partial charge < -0.3 is 9.84 Å². The molecule has 3 atom stereocenters. The summed E-state index contributed by atoms with van der Waals surface area (Å²) in [6.07, 6.45) is 7.11. The van der Waals surface area contributed by atoms with E-state index in [0.29, 0.717) is 0 Å². The van der Waals surface area contributed by atoms with E-state index in [4.69, 9.17) is 4.74 Å². The highest BCUT2D eigenvalue weighted by Gasteiger charge is 2.43. The molecule has 0 radical (unpaired) electrons. The molecule has 0 saturated carbocycles. The fourth-order valence-corrected chi connectivity index (χ4v) is 2.39. The van der Waals surface area contributed by atoms with Gasteiger partial charge >= 0.3 is 0 Å². The normalized spacial score (nSPS) is 37.6. The van der Waals surface area contributed by atoms with Crippen LogP contribution in [0.25, 0.3) is 0 Å². The van der Waals surface area contributed by atoms with Crippen molar-refractivity contribution in [3.05, 3.63) is 24.3 Å². The molecule has 0 aromatic heterocycles. The zero-order chi connectivity index (χ0) is 13.1. The van der Waals surface area contributed by atoms with E-state index < -0.39 is 5.60 Å². The third-order valence-corrected chi connectivity index (χ3v) is 3.71. The number of allylic oxidation sites excluding steroid dienone is 2. The second kappa shape index (κ2) is 5.36. The smallest absolute Gasteiger partial charge is 0.0926 e. The number of rotatable bonds is 4. The van der Waals surface area contributed by atoms with Crippen LogP contribution >= 0.6 is 0 Å². The minimum absolute atomic E-state index is 0.293. The van der Waals surface area contributed by atoms with E-state index >= 15 is 0 Å². The number of ether oxygens (including phenoxy) is 1. The fourth-order valence-electron chi connectivity index (χ4n) is 2.39. The predicted molar refractivity (Wildman–Crippen MR) is 72.0 cm³/mol. The minimum Gasteiger partial charge on any atom is -0.390 e. The quantitative estimate of drug-likeness (QED) is 0.758. The Morgan fingerprint density at radius 1 is 1.47 bits per heavy atom. The van der Waals surface area contributed by atoms with Gasteiger partial charge in [0.15, 0.2) is 0 Å². The van der Waals surface area contributed by atoms with Crippen LogP contribution in [-0.2, 0) is 4.74 Å². The van der Waals surface area contributed by atoms with E-state index in [-0.39, 0.29) is 11.7 Å². The van der Waals surface area contributed by atoms with E-state index in [2.05, 4.69) is 26.5 Å². The summed E-state index contributed by atoms with van der Waals surface area (Å²) in [5, 5.41) is 10.1. The number of aliphatic hydroxyl groups excluding tert-OH is 1. The van der Waals surface area contributed by atoms with Gasteiger partial charge in [-0.25, -0.2) is 0 Å². The lowest BCUT2D eigenvalue weighted by atomic mass is 9.82. The lowest BCUT2D eigenvalue weighted by Crippen LogP contribution is -2.52. The molecule has 0 unspecified atom stereocenters. The Labute approximate surface area is 105 Å². The van der Waals surface area contributed by atoms with Gasteiger partial charge in [0.1, 0.15) is 0 Å². The topological polar surface area (TPSA) is 29.5 Å². The average Bonchev–Trinajstić information content (AvgIpc) is 2.24. The first-order valence-corrected chi connectivity index (χ1v) is 6.46. The maximum atomic E-state index is 10.1. The summed E-state index contributed by atoms with van der Waals surface area (Å²) in [5.74, 6) is 0. The van der Waals surface area contributed by atoms with Crippen LogP contribution in [0, 0.1) is 0 Å². The highest BCUT2D eigenvalue weighted by Crippen LogP contribution is 2.38. The van der Waals surface area contributed by atoms with Crippen molar-refractivity contribution in [1.82, 2.24) is 0 Å². The van der Waals surface area contributed by atoms with Gasteiger partial charge in [0, 0.05) is 0 Å². The molecule has 1 aliphatic heterocycles. The van der Waals surface area contributed by atoms with Crippen LogP contribution in [0.15, 0.2) is 24.3 Å². The second-order valence-electron chi connectivity index (χ2n) is 5.81. The summed E-state index contributed by atoms with van der Waals surface area (Å²) < 4.78 is 6.11. The molecule has 0 spiro atoms. The molecular weight excluding hydrogens is 212 g/mol. The van der Waals surface area contributed by atoms with Gasteiger partial charge in [0.05, 0.1) is 17.3 Å². The van der Waals surface area contributed by atoms with Crippen LogP contribution in [0.5, 0.6) is 0 Å². The molecule has 17 heavy (non-hydrogen) atoms. The molecule has 2 nitrogen and oxygen atoms in total. The van der Waals surface area contributed by atoms with Crippen LogP contribution in [0.1, 0.15) is 53.4 Å². The molecule has 1 aliphatic rings. The zero-order valence-corrected chi connectivity index (χ0v) is 11.6.